The quantitative estimate of drug-likeness (QED) is 0.686. The van der Waals surface area contributed by atoms with Crippen LogP contribution in [-0.2, 0) is 13.5 Å². The summed E-state index contributed by atoms with van der Waals surface area (Å²) in [5.74, 6) is -0.279. The molecule has 6 nitrogen and oxygen atoms in total. The molecule has 4 N–H and O–H groups in total. The third kappa shape index (κ3) is 1.66. The number of phenolic OH excluding ortho intramolecular Hbond substituents is 2. The van der Waals surface area contributed by atoms with E-state index in [9.17, 15) is 15.0 Å². The number of aryl methyl sites for hydroxylation is 1. The van der Waals surface area contributed by atoms with E-state index in [0.29, 0.717) is 12.0 Å². The molecule has 96 valence electrons. The van der Waals surface area contributed by atoms with Crippen LogP contribution >= 0.6 is 0 Å². The zero-order valence-corrected chi connectivity index (χ0v) is 10.3. The van der Waals surface area contributed by atoms with Gasteiger partial charge in [0.15, 0.2) is 0 Å². The van der Waals surface area contributed by atoms with Crippen LogP contribution in [0.1, 0.15) is 18.9 Å². The van der Waals surface area contributed by atoms with Crippen molar-refractivity contribution in [1.82, 2.24) is 9.55 Å². The number of anilines is 1. The molecule has 0 aliphatic carbocycles. The first-order chi connectivity index (χ1) is 8.47. The molecular weight excluding hydrogens is 234 g/mol. The largest absolute Gasteiger partial charge is 0.507 e. The number of fused-ring (bicyclic) bond motifs is 1. The van der Waals surface area contributed by atoms with Crippen molar-refractivity contribution in [2.75, 3.05) is 5.73 Å². The molecule has 1 aromatic carbocycles. The number of hydrogen-bond acceptors (Lipinski definition) is 5. The number of hydrogen-bond donors (Lipinski definition) is 3. The van der Waals surface area contributed by atoms with Crippen LogP contribution in [0.15, 0.2) is 10.9 Å². The first-order valence-electron chi connectivity index (χ1n) is 5.67. The minimum absolute atomic E-state index is 0.00885. The second kappa shape index (κ2) is 4.21. The molecule has 2 aromatic rings. The maximum Gasteiger partial charge on any atom is 0.266 e. The molecule has 1 aromatic heterocycles. The molecule has 0 atom stereocenters. The topological polar surface area (TPSA) is 101 Å². The van der Waals surface area contributed by atoms with Crippen LogP contribution in [0.3, 0.4) is 0 Å². The molecule has 0 radical (unpaired) electrons. The van der Waals surface area contributed by atoms with Crippen LogP contribution in [0.5, 0.6) is 11.5 Å². The summed E-state index contributed by atoms with van der Waals surface area (Å²) in [6, 6.07) is 1.42. The number of rotatable bonds is 2. The van der Waals surface area contributed by atoms with Gasteiger partial charge in [-0.1, -0.05) is 13.3 Å². The lowest BCUT2D eigenvalue weighted by molar-refractivity contribution is 0.461. The Kier molecular flexibility index (Phi) is 2.86. The number of nitrogens with zero attached hydrogens (tertiary/aromatic N) is 2. The number of nitrogens with two attached hydrogens (primary N) is 1. The fourth-order valence-corrected chi connectivity index (χ4v) is 1.94. The Labute approximate surface area is 103 Å². The highest BCUT2D eigenvalue weighted by Gasteiger charge is 2.17. The van der Waals surface area contributed by atoms with Crippen LogP contribution in [0, 0.1) is 0 Å². The Hall–Kier alpha value is -2.24. The maximum atomic E-state index is 12.1. The van der Waals surface area contributed by atoms with E-state index in [1.807, 2.05) is 6.92 Å². The Balaban J connectivity index is 2.95. The number of aromatic hydroxyl groups is 2. The van der Waals surface area contributed by atoms with Crippen LogP contribution in [0.25, 0.3) is 10.9 Å². The molecule has 1 heterocycles. The predicted molar refractivity (Wildman–Crippen MR) is 68.7 cm³/mol. The highest BCUT2D eigenvalue weighted by Crippen LogP contribution is 2.33. The molecule has 0 amide bonds. The van der Waals surface area contributed by atoms with Gasteiger partial charge in [-0.25, -0.2) is 4.98 Å². The number of benzene rings is 1. The molecule has 0 aliphatic heterocycles. The summed E-state index contributed by atoms with van der Waals surface area (Å²) in [6.07, 6.45) is 1.37. The summed E-state index contributed by atoms with van der Waals surface area (Å²) < 4.78 is 1.14. The van der Waals surface area contributed by atoms with Crippen molar-refractivity contribution in [3.63, 3.8) is 0 Å². The van der Waals surface area contributed by atoms with E-state index in [4.69, 9.17) is 5.73 Å². The third-order valence-corrected chi connectivity index (χ3v) is 2.94. The molecule has 0 bridgehead atoms. The molecule has 0 spiro atoms. The van der Waals surface area contributed by atoms with Crippen LogP contribution in [-0.4, -0.2) is 19.8 Å². The van der Waals surface area contributed by atoms with E-state index in [1.54, 1.807) is 0 Å². The lowest BCUT2D eigenvalue weighted by atomic mass is 10.0. The van der Waals surface area contributed by atoms with Crippen molar-refractivity contribution >= 4 is 16.9 Å². The van der Waals surface area contributed by atoms with Crippen molar-refractivity contribution in [3.8, 4) is 11.5 Å². The van der Waals surface area contributed by atoms with Gasteiger partial charge >= 0.3 is 0 Å². The molecular formula is C12H15N3O3. The van der Waals surface area contributed by atoms with Crippen LogP contribution in [0.2, 0.25) is 0 Å². The zero-order valence-electron chi connectivity index (χ0n) is 10.3. The van der Waals surface area contributed by atoms with Gasteiger partial charge < -0.3 is 15.9 Å². The van der Waals surface area contributed by atoms with E-state index >= 15 is 0 Å². The Morgan fingerprint density at radius 3 is 2.72 bits per heavy atom. The highest BCUT2D eigenvalue weighted by molar-refractivity contribution is 5.90. The molecule has 0 aliphatic rings. The average Bonchev–Trinajstić information content (AvgIpc) is 2.32. The summed E-state index contributed by atoms with van der Waals surface area (Å²) in [5.41, 5.74) is 5.66. The van der Waals surface area contributed by atoms with E-state index in [1.165, 1.54) is 13.1 Å². The third-order valence-electron chi connectivity index (χ3n) is 2.94. The lowest BCUT2D eigenvalue weighted by Crippen LogP contribution is -2.21. The fourth-order valence-electron chi connectivity index (χ4n) is 1.94. The first kappa shape index (κ1) is 12.2. The smallest absolute Gasteiger partial charge is 0.266 e. The number of aromatic nitrogens is 2. The summed E-state index contributed by atoms with van der Waals surface area (Å²) in [4.78, 5) is 16.0. The van der Waals surface area contributed by atoms with E-state index in [0.717, 1.165) is 11.0 Å². The van der Waals surface area contributed by atoms with Gasteiger partial charge in [0.25, 0.3) is 5.56 Å². The van der Waals surface area contributed by atoms with Gasteiger partial charge in [-0.05, 0) is 18.1 Å². The highest BCUT2D eigenvalue weighted by atomic mass is 16.3. The maximum absolute atomic E-state index is 12.1. The molecule has 0 unspecified atom stereocenters. The van der Waals surface area contributed by atoms with Gasteiger partial charge in [0.2, 0.25) is 5.95 Å². The second-order valence-corrected chi connectivity index (χ2v) is 4.21. The van der Waals surface area contributed by atoms with E-state index in [-0.39, 0.29) is 28.4 Å². The second-order valence-electron chi connectivity index (χ2n) is 4.21. The van der Waals surface area contributed by atoms with Gasteiger partial charge in [0.1, 0.15) is 22.4 Å². The van der Waals surface area contributed by atoms with Crippen molar-refractivity contribution in [2.45, 2.75) is 19.8 Å². The van der Waals surface area contributed by atoms with Gasteiger partial charge in [0.05, 0.1) is 0 Å². The minimum atomic E-state index is -0.469. The monoisotopic (exact) mass is 249 g/mol. The molecule has 0 fully saturated rings. The Bertz CT molecular complexity index is 677. The Morgan fingerprint density at radius 1 is 1.44 bits per heavy atom. The standard InChI is InChI=1S/C12H15N3O3/c1-3-4-6-5-7(16)9-8(10(6)17)11(18)15(2)12(13)14-9/h5,16-17H,3-4H2,1-2H3,(H2,13,14). The molecule has 6 heteroatoms. The minimum Gasteiger partial charge on any atom is -0.507 e. The summed E-state index contributed by atoms with van der Waals surface area (Å²) in [6.45, 7) is 1.94. The molecule has 0 saturated carbocycles. The van der Waals surface area contributed by atoms with Crippen LogP contribution < -0.4 is 11.3 Å². The van der Waals surface area contributed by atoms with Gasteiger partial charge in [-0.3, -0.25) is 9.36 Å². The summed E-state index contributed by atoms with van der Waals surface area (Å²) >= 11 is 0. The van der Waals surface area contributed by atoms with Crippen molar-refractivity contribution in [1.29, 1.82) is 0 Å². The molecule has 2 rings (SSSR count). The van der Waals surface area contributed by atoms with Gasteiger partial charge in [0, 0.05) is 7.05 Å². The van der Waals surface area contributed by atoms with E-state index < -0.39 is 5.56 Å². The molecule has 18 heavy (non-hydrogen) atoms. The fraction of sp³-hybridized carbons (Fsp3) is 0.333. The average molecular weight is 249 g/mol. The molecule has 0 saturated heterocycles. The zero-order chi connectivity index (χ0) is 13.4. The Morgan fingerprint density at radius 2 is 2.11 bits per heavy atom. The van der Waals surface area contributed by atoms with Crippen molar-refractivity contribution in [3.05, 3.63) is 22.0 Å². The number of phenols is 2. The summed E-state index contributed by atoms with van der Waals surface area (Å²) in [5, 5.41) is 20.0. The van der Waals surface area contributed by atoms with Crippen molar-refractivity contribution < 1.29 is 10.2 Å². The van der Waals surface area contributed by atoms with Crippen molar-refractivity contribution in [2.24, 2.45) is 7.05 Å². The normalized spacial score (nSPS) is 11.0. The summed E-state index contributed by atoms with van der Waals surface area (Å²) in [7, 11) is 1.47. The lowest BCUT2D eigenvalue weighted by Gasteiger charge is -2.10. The SMILES string of the molecule is CCCc1cc(O)c2nc(N)n(C)c(=O)c2c1O. The number of nitrogen functional groups attached to an aromatic ring is 1. The van der Waals surface area contributed by atoms with E-state index in [2.05, 4.69) is 4.98 Å². The van der Waals surface area contributed by atoms with Gasteiger partial charge in [-0.2, -0.15) is 0 Å². The van der Waals surface area contributed by atoms with Gasteiger partial charge in [-0.15, -0.1) is 0 Å². The van der Waals surface area contributed by atoms with Crippen LogP contribution in [0.4, 0.5) is 5.95 Å². The first-order valence-corrected chi connectivity index (χ1v) is 5.67. The predicted octanol–water partition coefficient (Wildman–Crippen LogP) is 0.879.